The van der Waals surface area contributed by atoms with Crippen molar-refractivity contribution in [2.24, 2.45) is 0 Å². The summed E-state index contributed by atoms with van der Waals surface area (Å²) < 4.78 is 28.8. The molecule has 0 aromatic heterocycles. The predicted octanol–water partition coefficient (Wildman–Crippen LogP) is 3.93. The second-order valence-corrected chi connectivity index (χ2v) is 10.3. The highest BCUT2D eigenvalue weighted by Crippen LogP contribution is 2.26. The van der Waals surface area contributed by atoms with Crippen molar-refractivity contribution in [2.75, 3.05) is 17.8 Å². The number of anilines is 1. The fourth-order valence-corrected chi connectivity index (χ4v) is 5.97. The Kier molecular flexibility index (Phi) is 7.79. The monoisotopic (exact) mass is 471 g/mol. The van der Waals surface area contributed by atoms with Gasteiger partial charge in [0.2, 0.25) is 5.91 Å². The van der Waals surface area contributed by atoms with Crippen LogP contribution in [-0.2, 0) is 14.8 Å². The topological polar surface area (TPSA) is 95.6 Å². The van der Waals surface area contributed by atoms with Crippen LogP contribution in [0, 0.1) is 20.8 Å². The summed E-state index contributed by atoms with van der Waals surface area (Å²) in [7, 11) is -3.83. The first-order valence-corrected chi connectivity index (χ1v) is 12.9. The Balaban J connectivity index is 1.79. The van der Waals surface area contributed by atoms with Crippen LogP contribution >= 0.6 is 0 Å². The van der Waals surface area contributed by atoms with Crippen LogP contribution in [0.15, 0.2) is 41.3 Å². The van der Waals surface area contributed by atoms with Crippen molar-refractivity contribution in [1.82, 2.24) is 10.2 Å². The van der Waals surface area contributed by atoms with Gasteiger partial charge in [0.1, 0.15) is 6.04 Å². The van der Waals surface area contributed by atoms with Gasteiger partial charge in [0.05, 0.1) is 4.90 Å². The second-order valence-electron chi connectivity index (χ2n) is 8.72. The van der Waals surface area contributed by atoms with Crippen LogP contribution in [0.1, 0.15) is 59.7 Å². The summed E-state index contributed by atoms with van der Waals surface area (Å²) in [6.45, 7) is 8.63. The first-order valence-electron chi connectivity index (χ1n) is 11.4. The molecule has 0 spiro atoms. The lowest BCUT2D eigenvalue weighted by Gasteiger charge is -2.24. The average Bonchev–Trinajstić information content (AvgIpc) is 3.22. The van der Waals surface area contributed by atoms with Crippen LogP contribution in [0.5, 0.6) is 0 Å². The van der Waals surface area contributed by atoms with Crippen LogP contribution in [0.4, 0.5) is 5.69 Å². The van der Waals surface area contributed by atoms with Gasteiger partial charge in [-0.2, -0.15) is 0 Å². The minimum absolute atomic E-state index is 0.128. The molecule has 0 saturated carbocycles. The number of nitrogens with one attached hydrogen (secondary N) is 2. The number of hydrogen-bond donors (Lipinski definition) is 2. The first kappa shape index (κ1) is 24.8. The molecule has 1 atom stereocenters. The van der Waals surface area contributed by atoms with E-state index in [-0.39, 0.29) is 16.7 Å². The molecular weight excluding hydrogens is 438 g/mol. The Bertz CT molecular complexity index is 1120. The lowest BCUT2D eigenvalue weighted by molar-refractivity contribution is -0.124. The van der Waals surface area contributed by atoms with Crippen LogP contribution in [0.3, 0.4) is 0 Å². The molecule has 8 heteroatoms. The fraction of sp³-hybridized carbons (Fsp3) is 0.440. The van der Waals surface area contributed by atoms with Crippen molar-refractivity contribution in [3.8, 4) is 0 Å². The Morgan fingerprint density at radius 1 is 1.09 bits per heavy atom. The maximum Gasteiger partial charge on any atom is 0.262 e. The maximum atomic E-state index is 13.2. The van der Waals surface area contributed by atoms with E-state index in [0.717, 1.165) is 24.8 Å². The number of carbonyl (C=O) groups is 2. The van der Waals surface area contributed by atoms with Crippen molar-refractivity contribution in [3.63, 3.8) is 0 Å². The van der Waals surface area contributed by atoms with E-state index in [0.29, 0.717) is 41.9 Å². The van der Waals surface area contributed by atoms with E-state index in [1.807, 2.05) is 19.1 Å². The van der Waals surface area contributed by atoms with Crippen molar-refractivity contribution >= 4 is 27.5 Å². The lowest BCUT2D eigenvalue weighted by atomic mass is 10.1. The molecule has 2 aromatic carbocycles. The minimum Gasteiger partial charge on any atom is -0.354 e. The fourth-order valence-electron chi connectivity index (χ4n) is 4.47. The van der Waals surface area contributed by atoms with Gasteiger partial charge in [-0.1, -0.05) is 37.1 Å². The van der Waals surface area contributed by atoms with E-state index < -0.39 is 16.1 Å². The van der Waals surface area contributed by atoms with Crippen molar-refractivity contribution in [2.45, 2.75) is 64.3 Å². The van der Waals surface area contributed by atoms with Crippen LogP contribution in [0.25, 0.3) is 0 Å². The van der Waals surface area contributed by atoms with Crippen molar-refractivity contribution in [1.29, 1.82) is 0 Å². The van der Waals surface area contributed by atoms with Crippen molar-refractivity contribution in [3.05, 3.63) is 58.7 Å². The Labute approximate surface area is 196 Å². The molecule has 1 heterocycles. The molecule has 0 radical (unpaired) electrons. The molecule has 7 nitrogen and oxygen atoms in total. The van der Waals surface area contributed by atoms with Gasteiger partial charge in [0, 0.05) is 24.3 Å². The number of sulfonamides is 1. The molecule has 2 aromatic rings. The molecule has 1 aliphatic heterocycles. The molecule has 0 bridgehead atoms. The Hall–Kier alpha value is -2.87. The second kappa shape index (κ2) is 10.4. The smallest absolute Gasteiger partial charge is 0.262 e. The summed E-state index contributed by atoms with van der Waals surface area (Å²) in [5.41, 5.74) is 2.99. The lowest BCUT2D eigenvalue weighted by Crippen LogP contribution is -2.46. The van der Waals surface area contributed by atoms with Gasteiger partial charge >= 0.3 is 0 Å². The molecule has 2 N–H and O–H groups in total. The summed E-state index contributed by atoms with van der Waals surface area (Å²) in [6.07, 6.45) is 3.27. The molecule has 1 aliphatic rings. The molecule has 178 valence electrons. The third-order valence-electron chi connectivity index (χ3n) is 5.88. The Morgan fingerprint density at radius 3 is 2.45 bits per heavy atom. The van der Waals surface area contributed by atoms with Gasteiger partial charge in [-0.25, -0.2) is 8.42 Å². The molecule has 2 amide bonds. The highest BCUT2D eigenvalue weighted by atomic mass is 32.2. The van der Waals surface area contributed by atoms with Gasteiger partial charge in [-0.3, -0.25) is 14.3 Å². The Morgan fingerprint density at radius 2 is 1.79 bits per heavy atom. The highest BCUT2D eigenvalue weighted by Gasteiger charge is 2.34. The number of likely N-dealkylation sites (tertiary alicyclic amines) is 1. The number of benzene rings is 2. The largest absolute Gasteiger partial charge is 0.354 e. The summed E-state index contributed by atoms with van der Waals surface area (Å²) in [5, 5.41) is 2.91. The van der Waals surface area contributed by atoms with Gasteiger partial charge < -0.3 is 10.2 Å². The molecule has 3 rings (SSSR count). The van der Waals surface area contributed by atoms with E-state index in [9.17, 15) is 18.0 Å². The minimum atomic E-state index is -3.83. The van der Waals surface area contributed by atoms with Crippen LogP contribution in [0.2, 0.25) is 0 Å². The molecule has 1 fully saturated rings. The molecular formula is C25H33N3O4S. The standard InChI is InChI=1S/C25H33N3O4S/c1-5-6-12-26-24(29)22-11-8-13-28(22)25(30)20-9-7-10-21(16-20)27-33(31,32)23-18(3)14-17(2)15-19(23)4/h7,9-10,14-16,22,27H,5-6,8,11-13H2,1-4H3,(H,26,29). The maximum absolute atomic E-state index is 13.2. The predicted molar refractivity (Wildman–Crippen MR) is 130 cm³/mol. The quantitative estimate of drug-likeness (QED) is 0.570. The zero-order valence-corrected chi connectivity index (χ0v) is 20.6. The molecule has 33 heavy (non-hydrogen) atoms. The number of nitrogens with zero attached hydrogens (tertiary/aromatic N) is 1. The van der Waals surface area contributed by atoms with E-state index in [1.54, 1.807) is 36.9 Å². The van der Waals surface area contributed by atoms with Gasteiger partial charge in [0.15, 0.2) is 0 Å². The highest BCUT2D eigenvalue weighted by molar-refractivity contribution is 7.92. The van der Waals surface area contributed by atoms with Gasteiger partial charge in [0.25, 0.3) is 15.9 Å². The van der Waals surface area contributed by atoms with Crippen molar-refractivity contribution < 1.29 is 18.0 Å². The number of amides is 2. The number of rotatable bonds is 8. The van der Waals surface area contributed by atoms with Crippen LogP contribution in [-0.4, -0.2) is 44.3 Å². The number of hydrogen-bond acceptors (Lipinski definition) is 4. The SMILES string of the molecule is CCCCNC(=O)C1CCCN1C(=O)c1cccc(NS(=O)(=O)c2c(C)cc(C)cc2C)c1. The first-order chi connectivity index (χ1) is 15.6. The number of aryl methyl sites for hydroxylation is 3. The van der Waals surface area contributed by atoms with Gasteiger partial charge in [-0.15, -0.1) is 0 Å². The zero-order chi connectivity index (χ0) is 24.2. The molecule has 0 aliphatic carbocycles. The summed E-state index contributed by atoms with van der Waals surface area (Å²) in [5.74, 6) is -0.400. The van der Waals surface area contributed by atoms with Crippen LogP contribution < -0.4 is 10.0 Å². The summed E-state index contributed by atoms with van der Waals surface area (Å²) >= 11 is 0. The third kappa shape index (κ3) is 5.74. The summed E-state index contributed by atoms with van der Waals surface area (Å²) in [4.78, 5) is 27.6. The number of unbranched alkanes of at least 4 members (excludes halogenated alkanes) is 1. The van der Waals surface area contributed by atoms with E-state index in [2.05, 4.69) is 17.0 Å². The molecule has 1 unspecified atom stereocenters. The van der Waals surface area contributed by atoms with E-state index in [1.165, 1.54) is 6.07 Å². The zero-order valence-electron chi connectivity index (χ0n) is 19.8. The number of carbonyl (C=O) groups excluding carboxylic acids is 2. The average molecular weight is 472 g/mol. The normalized spacial score (nSPS) is 16.0. The van der Waals surface area contributed by atoms with Gasteiger partial charge in [-0.05, 0) is 69.4 Å². The summed E-state index contributed by atoms with van der Waals surface area (Å²) in [6, 6.07) is 9.61. The van der Waals surface area contributed by atoms with E-state index in [4.69, 9.17) is 0 Å². The van der Waals surface area contributed by atoms with E-state index >= 15 is 0 Å². The third-order valence-corrected chi connectivity index (χ3v) is 7.57. The molecule has 1 saturated heterocycles.